The van der Waals surface area contributed by atoms with Gasteiger partial charge in [0.05, 0.1) is 0 Å². The van der Waals surface area contributed by atoms with Crippen LogP contribution in [0.15, 0.2) is 18.3 Å². The van der Waals surface area contributed by atoms with E-state index >= 15 is 0 Å². The highest BCUT2D eigenvalue weighted by Crippen LogP contribution is 1.98. The molecule has 0 spiro atoms. The van der Waals surface area contributed by atoms with Gasteiger partial charge in [-0.1, -0.05) is 0 Å². The molecule has 1 heterocycles. The first-order chi connectivity index (χ1) is 5.33. The number of rotatable bonds is 3. The van der Waals surface area contributed by atoms with Crippen LogP contribution >= 0.6 is 0 Å². The van der Waals surface area contributed by atoms with Crippen LogP contribution in [-0.4, -0.2) is 11.4 Å². The van der Waals surface area contributed by atoms with E-state index in [-0.39, 0.29) is 0 Å². The molecular weight excluding hydrogens is 140 g/mol. The van der Waals surface area contributed by atoms with Crippen LogP contribution in [0, 0.1) is 6.92 Å². The second-order valence-corrected chi connectivity index (χ2v) is 2.30. The molecule has 0 aromatic carbocycles. The third-order valence-corrected chi connectivity index (χ3v) is 1.35. The molecule has 0 radical (unpaired) electrons. The van der Waals surface area contributed by atoms with Crippen LogP contribution in [0.1, 0.15) is 11.3 Å². The van der Waals surface area contributed by atoms with Gasteiger partial charge in [0.1, 0.15) is 0 Å². The highest BCUT2D eigenvalue weighted by atomic mass is 16.1. The van der Waals surface area contributed by atoms with Crippen molar-refractivity contribution in [2.75, 3.05) is 0 Å². The molecule has 11 heavy (non-hydrogen) atoms. The predicted octanol–water partition coefficient (Wildman–Crippen LogP) is 0.636. The van der Waals surface area contributed by atoms with Crippen molar-refractivity contribution in [3.8, 4) is 0 Å². The fraction of sp³-hybridized carbons (Fsp3) is 0.250. The van der Waals surface area contributed by atoms with Crippen LogP contribution in [0.3, 0.4) is 0 Å². The molecule has 0 aliphatic rings. The Balaban J connectivity index is 2.63. The van der Waals surface area contributed by atoms with E-state index in [4.69, 9.17) is 0 Å². The standard InChI is InChI=1S/C8H10N2O/c1-7-4-8(2-3-10-7)5-9-6-11/h2-4,6H,5H2,1H3,(H,9,11). The first kappa shape index (κ1) is 7.72. The summed E-state index contributed by atoms with van der Waals surface area (Å²) in [5, 5.41) is 2.58. The lowest BCUT2D eigenvalue weighted by Gasteiger charge is -1.98. The van der Waals surface area contributed by atoms with Crippen molar-refractivity contribution < 1.29 is 4.79 Å². The van der Waals surface area contributed by atoms with Gasteiger partial charge in [-0.05, 0) is 24.6 Å². The second-order valence-electron chi connectivity index (χ2n) is 2.30. The number of aromatic nitrogens is 1. The second kappa shape index (κ2) is 3.71. The van der Waals surface area contributed by atoms with E-state index in [1.54, 1.807) is 6.20 Å². The quantitative estimate of drug-likeness (QED) is 0.642. The smallest absolute Gasteiger partial charge is 0.207 e. The molecule has 1 amide bonds. The lowest BCUT2D eigenvalue weighted by atomic mass is 10.2. The molecule has 1 aromatic rings. The maximum atomic E-state index is 9.94. The number of carbonyl (C=O) groups is 1. The summed E-state index contributed by atoms with van der Waals surface area (Å²) >= 11 is 0. The summed E-state index contributed by atoms with van der Waals surface area (Å²) < 4.78 is 0. The van der Waals surface area contributed by atoms with E-state index in [0.29, 0.717) is 13.0 Å². The molecule has 1 aromatic heterocycles. The zero-order valence-electron chi connectivity index (χ0n) is 6.37. The minimum atomic E-state index is 0.576. The number of nitrogens with zero attached hydrogens (tertiary/aromatic N) is 1. The van der Waals surface area contributed by atoms with Crippen LogP contribution in [0.5, 0.6) is 0 Å². The zero-order valence-corrected chi connectivity index (χ0v) is 6.37. The SMILES string of the molecule is Cc1cc(CNC=O)ccn1. The topological polar surface area (TPSA) is 42.0 Å². The average molecular weight is 150 g/mol. The Hall–Kier alpha value is -1.38. The summed E-state index contributed by atoms with van der Waals surface area (Å²) in [6.07, 6.45) is 2.42. The van der Waals surface area contributed by atoms with Crippen LogP contribution in [0.2, 0.25) is 0 Å². The molecule has 0 unspecified atom stereocenters. The Bertz CT molecular complexity index is 248. The molecule has 0 aliphatic carbocycles. The van der Waals surface area contributed by atoms with E-state index in [2.05, 4.69) is 10.3 Å². The number of hydrogen-bond donors (Lipinski definition) is 1. The summed E-state index contributed by atoms with van der Waals surface area (Å²) in [4.78, 5) is 14.0. The van der Waals surface area contributed by atoms with E-state index in [1.807, 2.05) is 19.1 Å². The van der Waals surface area contributed by atoms with Crippen molar-refractivity contribution in [1.82, 2.24) is 10.3 Å². The molecule has 1 N–H and O–H groups in total. The van der Waals surface area contributed by atoms with Gasteiger partial charge in [0.15, 0.2) is 0 Å². The highest BCUT2D eigenvalue weighted by molar-refractivity contribution is 5.46. The van der Waals surface area contributed by atoms with Gasteiger partial charge in [0.25, 0.3) is 0 Å². The Morgan fingerprint density at radius 1 is 1.73 bits per heavy atom. The Kier molecular flexibility index (Phi) is 2.60. The van der Waals surface area contributed by atoms with E-state index in [9.17, 15) is 4.79 Å². The van der Waals surface area contributed by atoms with Crippen molar-refractivity contribution in [1.29, 1.82) is 0 Å². The van der Waals surface area contributed by atoms with Crippen molar-refractivity contribution in [2.24, 2.45) is 0 Å². The van der Waals surface area contributed by atoms with E-state index in [1.165, 1.54) is 0 Å². The lowest BCUT2D eigenvalue weighted by Crippen LogP contribution is -2.09. The average Bonchev–Trinajstić information content (AvgIpc) is 2.01. The van der Waals surface area contributed by atoms with Gasteiger partial charge >= 0.3 is 0 Å². The Morgan fingerprint density at radius 3 is 3.18 bits per heavy atom. The van der Waals surface area contributed by atoms with Crippen molar-refractivity contribution in [3.63, 3.8) is 0 Å². The molecule has 3 nitrogen and oxygen atoms in total. The summed E-state index contributed by atoms with van der Waals surface area (Å²) in [5.74, 6) is 0. The van der Waals surface area contributed by atoms with Crippen LogP contribution in [0.25, 0.3) is 0 Å². The van der Waals surface area contributed by atoms with Crippen LogP contribution in [-0.2, 0) is 11.3 Å². The number of hydrogen-bond acceptors (Lipinski definition) is 2. The van der Waals surface area contributed by atoms with Gasteiger partial charge < -0.3 is 5.32 Å². The van der Waals surface area contributed by atoms with E-state index in [0.717, 1.165) is 11.3 Å². The minimum Gasteiger partial charge on any atom is -0.355 e. The number of pyridine rings is 1. The van der Waals surface area contributed by atoms with Crippen LogP contribution in [0.4, 0.5) is 0 Å². The largest absolute Gasteiger partial charge is 0.355 e. The van der Waals surface area contributed by atoms with Gasteiger partial charge in [-0.3, -0.25) is 9.78 Å². The Labute approximate surface area is 65.5 Å². The van der Waals surface area contributed by atoms with Gasteiger partial charge in [-0.2, -0.15) is 0 Å². The Morgan fingerprint density at radius 2 is 2.55 bits per heavy atom. The van der Waals surface area contributed by atoms with E-state index < -0.39 is 0 Å². The summed E-state index contributed by atoms with van der Waals surface area (Å²) in [5.41, 5.74) is 2.04. The predicted molar refractivity (Wildman–Crippen MR) is 41.9 cm³/mol. The fourth-order valence-electron chi connectivity index (χ4n) is 0.874. The molecule has 0 saturated carbocycles. The molecule has 0 aliphatic heterocycles. The third kappa shape index (κ3) is 2.37. The van der Waals surface area contributed by atoms with Gasteiger partial charge in [-0.25, -0.2) is 0 Å². The van der Waals surface area contributed by atoms with Gasteiger partial charge in [0, 0.05) is 18.4 Å². The van der Waals surface area contributed by atoms with Gasteiger partial charge in [0.2, 0.25) is 6.41 Å². The molecule has 0 fully saturated rings. The van der Waals surface area contributed by atoms with Crippen molar-refractivity contribution in [3.05, 3.63) is 29.6 Å². The maximum Gasteiger partial charge on any atom is 0.207 e. The monoisotopic (exact) mass is 150 g/mol. The van der Waals surface area contributed by atoms with Crippen molar-refractivity contribution >= 4 is 6.41 Å². The molecule has 1 rings (SSSR count). The summed E-state index contributed by atoms with van der Waals surface area (Å²) in [7, 11) is 0. The highest BCUT2D eigenvalue weighted by Gasteiger charge is 1.90. The maximum absolute atomic E-state index is 9.94. The van der Waals surface area contributed by atoms with Crippen LogP contribution < -0.4 is 5.32 Å². The number of nitrogens with one attached hydrogen (secondary N) is 1. The fourth-order valence-corrected chi connectivity index (χ4v) is 0.874. The number of aryl methyl sites for hydroxylation is 1. The number of carbonyl (C=O) groups excluding carboxylic acids is 1. The summed E-state index contributed by atoms with van der Waals surface area (Å²) in [6.45, 7) is 2.50. The normalized spacial score (nSPS) is 9.18. The first-order valence-corrected chi connectivity index (χ1v) is 3.41. The first-order valence-electron chi connectivity index (χ1n) is 3.41. The molecule has 3 heteroatoms. The molecular formula is C8H10N2O. The molecule has 0 atom stereocenters. The molecule has 58 valence electrons. The lowest BCUT2D eigenvalue weighted by molar-refractivity contribution is -0.109. The zero-order chi connectivity index (χ0) is 8.10. The summed E-state index contributed by atoms with van der Waals surface area (Å²) in [6, 6.07) is 3.82. The molecule has 0 saturated heterocycles. The van der Waals surface area contributed by atoms with Crippen molar-refractivity contribution in [2.45, 2.75) is 13.5 Å². The number of amides is 1. The minimum absolute atomic E-state index is 0.576. The molecule has 0 bridgehead atoms. The third-order valence-electron chi connectivity index (χ3n) is 1.35. The van der Waals surface area contributed by atoms with Gasteiger partial charge in [-0.15, -0.1) is 0 Å².